The maximum atomic E-state index is 10.8. The van der Waals surface area contributed by atoms with Gasteiger partial charge in [0, 0.05) is 5.17 Å². The Labute approximate surface area is 89.5 Å². The standard InChI is InChI=1S/C9H14N2O3Si/c1-15(2,3)14-10(11(12)13)9-7-5-4-6-8-9/h4-8H,1-3H3. The third-order valence-corrected chi connectivity index (χ3v) is 2.21. The number of hydrogen-bond acceptors (Lipinski definition) is 3. The second-order valence-corrected chi connectivity index (χ2v) is 8.46. The van der Waals surface area contributed by atoms with Gasteiger partial charge >= 0.3 is 0 Å². The quantitative estimate of drug-likeness (QED) is 0.449. The smallest absolute Gasteiger partial charge is 0.228 e. The average Bonchev–Trinajstić information content (AvgIpc) is 2.14. The fraction of sp³-hybridized carbons (Fsp3) is 0.333. The van der Waals surface area contributed by atoms with Crippen LogP contribution in [0.5, 0.6) is 0 Å². The van der Waals surface area contributed by atoms with E-state index in [1.165, 1.54) is 0 Å². The van der Waals surface area contributed by atoms with Gasteiger partial charge < -0.3 is 0 Å². The van der Waals surface area contributed by atoms with E-state index in [2.05, 4.69) is 0 Å². The molecule has 0 heterocycles. The third kappa shape index (κ3) is 3.68. The number of benzene rings is 1. The Hall–Kier alpha value is -1.40. The predicted molar refractivity (Wildman–Crippen MR) is 60.3 cm³/mol. The van der Waals surface area contributed by atoms with E-state index in [1.54, 1.807) is 30.3 Å². The number of nitro groups is 1. The van der Waals surface area contributed by atoms with Crippen LogP contribution in [0, 0.1) is 10.1 Å². The van der Waals surface area contributed by atoms with E-state index in [0.717, 1.165) is 5.17 Å². The van der Waals surface area contributed by atoms with Gasteiger partial charge in [-0.25, -0.2) is 10.1 Å². The zero-order chi connectivity index (χ0) is 11.5. The van der Waals surface area contributed by atoms with Crippen LogP contribution >= 0.6 is 0 Å². The zero-order valence-electron chi connectivity index (χ0n) is 9.01. The van der Waals surface area contributed by atoms with Gasteiger partial charge in [-0.05, 0) is 31.8 Å². The SMILES string of the molecule is C[Si](C)(C)ON(c1ccccc1)[N+](=O)[O-]. The van der Waals surface area contributed by atoms with E-state index in [0.29, 0.717) is 5.69 Å². The second-order valence-electron chi connectivity index (χ2n) is 4.05. The molecular weight excluding hydrogens is 212 g/mol. The molecule has 0 aromatic heterocycles. The molecule has 5 nitrogen and oxygen atoms in total. The molecule has 0 aliphatic carbocycles. The maximum Gasteiger partial charge on any atom is 0.228 e. The van der Waals surface area contributed by atoms with Crippen molar-refractivity contribution in [3.63, 3.8) is 0 Å². The molecule has 0 saturated heterocycles. The summed E-state index contributed by atoms with van der Waals surface area (Å²) in [7, 11) is -1.98. The van der Waals surface area contributed by atoms with Gasteiger partial charge in [0.2, 0.25) is 8.32 Å². The molecule has 0 spiro atoms. The molecule has 0 aliphatic rings. The minimum Gasteiger partial charge on any atom is -0.267 e. The van der Waals surface area contributed by atoms with Crippen molar-refractivity contribution in [2.24, 2.45) is 0 Å². The van der Waals surface area contributed by atoms with Gasteiger partial charge in [0.15, 0.2) is 5.03 Å². The number of hydrazine groups is 1. The number of nitrogens with zero attached hydrogens (tertiary/aromatic N) is 2. The number of rotatable bonds is 4. The van der Waals surface area contributed by atoms with Gasteiger partial charge in [-0.3, -0.25) is 4.53 Å². The van der Waals surface area contributed by atoms with Gasteiger partial charge in [-0.2, -0.15) is 0 Å². The van der Waals surface area contributed by atoms with Gasteiger partial charge in [-0.15, -0.1) is 0 Å². The van der Waals surface area contributed by atoms with Crippen molar-refractivity contribution in [3.8, 4) is 0 Å². The second kappa shape index (κ2) is 4.41. The molecule has 1 rings (SSSR count). The van der Waals surface area contributed by atoms with Crippen molar-refractivity contribution in [1.29, 1.82) is 0 Å². The van der Waals surface area contributed by atoms with E-state index < -0.39 is 13.3 Å². The lowest BCUT2D eigenvalue weighted by atomic mass is 10.3. The average molecular weight is 226 g/mol. The summed E-state index contributed by atoms with van der Waals surface area (Å²) in [4.78, 5) is 10.8. The minimum atomic E-state index is -1.98. The molecule has 1 aromatic carbocycles. The van der Waals surface area contributed by atoms with E-state index >= 15 is 0 Å². The Morgan fingerprint density at radius 3 is 2.20 bits per heavy atom. The summed E-state index contributed by atoms with van der Waals surface area (Å²) in [6.07, 6.45) is 0. The summed E-state index contributed by atoms with van der Waals surface area (Å²) in [5.74, 6) is 0. The van der Waals surface area contributed by atoms with Crippen LogP contribution in [0.25, 0.3) is 0 Å². The van der Waals surface area contributed by atoms with Crippen LogP contribution in [0.15, 0.2) is 30.3 Å². The Kier molecular flexibility index (Phi) is 3.43. The predicted octanol–water partition coefficient (Wildman–Crippen LogP) is 2.45. The molecule has 0 amide bonds. The molecule has 0 N–H and O–H groups in total. The van der Waals surface area contributed by atoms with Crippen LogP contribution in [0.3, 0.4) is 0 Å². The number of hydrogen-bond donors (Lipinski definition) is 0. The summed E-state index contributed by atoms with van der Waals surface area (Å²) in [6, 6.07) is 8.56. The first-order valence-corrected chi connectivity index (χ1v) is 7.99. The molecule has 0 saturated carbocycles. The van der Waals surface area contributed by atoms with Gasteiger partial charge in [0.1, 0.15) is 5.69 Å². The maximum absolute atomic E-state index is 10.8. The van der Waals surface area contributed by atoms with Crippen LogP contribution in [0.2, 0.25) is 19.6 Å². The van der Waals surface area contributed by atoms with Crippen LogP contribution < -0.4 is 5.17 Å². The molecule has 15 heavy (non-hydrogen) atoms. The summed E-state index contributed by atoms with van der Waals surface area (Å²) in [5, 5.41) is 11.0. The summed E-state index contributed by atoms with van der Waals surface area (Å²) >= 11 is 0. The zero-order valence-corrected chi connectivity index (χ0v) is 10.0. The lowest BCUT2D eigenvalue weighted by Crippen LogP contribution is -2.40. The first-order valence-electron chi connectivity index (χ1n) is 4.59. The number of para-hydroxylation sites is 1. The Morgan fingerprint density at radius 2 is 1.80 bits per heavy atom. The molecule has 0 radical (unpaired) electrons. The van der Waals surface area contributed by atoms with E-state index in [1.807, 2.05) is 19.6 Å². The van der Waals surface area contributed by atoms with Crippen molar-refractivity contribution in [2.45, 2.75) is 19.6 Å². The Bertz CT molecular complexity index is 337. The van der Waals surface area contributed by atoms with Crippen molar-refractivity contribution < 1.29 is 9.56 Å². The Morgan fingerprint density at radius 1 is 1.27 bits per heavy atom. The molecule has 0 bridgehead atoms. The molecule has 0 fully saturated rings. The minimum absolute atomic E-state index is 0.435. The third-order valence-electron chi connectivity index (χ3n) is 1.49. The molecule has 0 atom stereocenters. The highest BCUT2D eigenvalue weighted by atomic mass is 28.4. The molecule has 6 heteroatoms. The topological polar surface area (TPSA) is 55.6 Å². The molecule has 1 aromatic rings. The van der Waals surface area contributed by atoms with E-state index in [-0.39, 0.29) is 0 Å². The van der Waals surface area contributed by atoms with Crippen LogP contribution in [0.4, 0.5) is 5.69 Å². The monoisotopic (exact) mass is 226 g/mol. The molecule has 0 unspecified atom stereocenters. The molecular formula is C9H14N2O3Si. The van der Waals surface area contributed by atoms with E-state index in [4.69, 9.17) is 4.53 Å². The summed E-state index contributed by atoms with van der Waals surface area (Å²) in [5.41, 5.74) is 0.435. The normalized spacial score (nSPS) is 11.1. The van der Waals surface area contributed by atoms with Crippen molar-refractivity contribution >= 4 is 14.0 Å². The molecule has 0 aliphatic heterocycles. The van der Waals surface area contributed by atoms with Crippen LogP contribution in [-0.2, 0) is 4.53 Å². The first kappa shape index (κ1) is 11.7. The van der Waals surface area contributed by atoms with Gasteiger partial charge in [-0.1, -0.05) is 18.2 Å². The fourth-order valence-electron chi connectivity index (χ4n) is 0.995. The molecule has 82 valence electrons. The van der Waals surface area contributed by atoms with Crippen molar-refractivity contribution in [3.05, 3.63) is 40.4 Å². The van der Waals surface area contributed by atoms with Crippen LogP contribution in [0.1, 0.15) is 0 Å². The highest BCUT2D eigenvalue weighted by Crippen LogP contribution is 2.17. The summed E-state index contributed by atoms with van der Waals surface area (Å²) in [6.45, 7) is 5.69. The van der Waals surface area contributed by atoms with E-state index in [9.17, 15) is 10.1 Å². The van der Waals surface area contributed by atoms with Gasteiger partial charge in [0.25, 0.3) is 0 Å². The highest BCUT2D eigenvalue weighted by Gasteiger charge is 2.27. The highest BCUT2D eigenvalue weighted by molar-refractivity contribution is 6.69. The Balaban J connectivity index is 2.90. The lowest BCUT2D eigenvalue weighted by molar-refractivity contribution is -0.536. The van der Waals surface area contributed by atoms with Crippen molar-refractivity contribution in [2.75, 3.05) is 5.17 Å². The van der Waals surface area contributed by atoms with Gasteiger partial charge in [0.05, 0.1) is 0 Å². The largest absolute Gasteiger partial charge is 0.267 e. The van der Waals surface area contributed by atoms with Crippen molar-refractivity contribution in [1.82, 2.24) is 0 Å². The van der Waals surface area contributed by atoms with Crippen LogP contribution in [-0.4, -0.2) is 13.3 Å². The lowest BCUT2D eigenvalue weighted by Gasteiger charge is -2.21. The first-order chi connectivity index (χ1) is 6.90. The number of anilines is 1. The summed E-state index contributed by atoms with van der Waals surface area (Å²) < 4.78 is 5.36. The fourth-order valence-corrected chi connectivity index (χ4v) is 1.69.